The largest absolute Gasteiger partial charge is 0.504 e. The zero-order valence-corrected chi connectivity index (χ0v) is 12.8. The molecule has 1 amide bonds. The van der Waals surface area contributed by atoms with Gasteiger partial charge in [0.05, 0.1) is 18.7 Å². The first kappa shape index (κ1) is 15.3. The van der Waals surface area contributed by atoms with Gasteiger partial charge in [-0.15, -0.1) is 0 Å². The van der Waals surface area contributed by atoms with Crippen molar-refractivity contribution in [3.63, 3.8) is 0 Å². The van der Waals surface area contributed by atoms with E-state index in [1.165, 1.54) is 19.2 Å². The number of carbonyl (C=O) groups excluding carboxylic acids is 1. The molecule has 4 nitrogen and oxygen atoms in total. The number of phenols is 1. The molecule has 0 aliphatic heterocycles. The molecule has 1 saturated carbocycles. The van der Waals surface area contributed by atoms with Gasteiger partial charge in [-0.25, -0.2) is 4.39 Å². The Balaban J connectivity index is 1.83. The fraction of sp³-hybridized carbons (Fsp3) is 0.278. The summed E-state index contributed by atoms with van der Waals surface area (Å²) in [6.45, 7) is 0. The molecule has 120 valence electrons. The van der Waals surface area contributed by atoms with E-state index in [0.29, 0.717) is 5.92 Å². The molecule has 1 aliphatic carbocycles. The number of hydrogen-bond donors (Lipinski definition) is 2. The van der Waals surface area contributed by atoms with Crippen LogP contribution in [0, 0.1) is 11.7 Å². The quantitative estimate of drug-likeness (QED) is 0.889. The van der Waals surface area contributed by atoms with Crippen molar-refractivity contribution < 1.29 is 19.0 Å². The van der Waals surface area contributed by atoms with Crippen molar-refractivity contribution in [1.82, 2.24) is 5.32 Å². The van der Waals surface area contributed by atoms with Crippen molar-refractivity contribution in [2.75, 3.05) is 7.11 Å². The minimum atomic E-state index is -0.373. The van der Waals surface area contributed by atoms with Crippen LogP contribution >= 0.6 is 0 Å². The summed E-state index contributed by atoms with van der Waals surface area (Å²) in [7, 11) is 1.43. The van der Waals surface area contributed by atoms with Gasteiger partial charge in [-0.1, -0.05) is 18.2 Å². The van der Waals surface area contributed by atoms with Gasteiger partial charge >= 0.3 is 0 Å². The summed E-state index contributed by atoms with van der Waals surface area (Å²) in [4.78, 5) is 12.5. The van der Waals surface area contributed by atoms with Gasteiger partial charge < -0.3 is 15.2 Å². The summed E-state index contributed by atoms with van der Waals surface area (Å²) in [5, 5.41) is 13.0. The number of nitrogens with one attached hydrogen (secondary N) is 1. The number of amides is 1. The fourth-order valence-electron chi connectivity index (χ4n) is 2.66. The van der Waals surface area contributed by atoms with E-state index in [1.807, 2.05) is 0 Å². The van der Waals surface area contributed by atoms with Gasteiger partial charge in [0.25, 0.3) is 5.91 Å². The highest BCUT2D eigenvalue weighted by Crippen LogP contribution is 2.41. The number of carbonyl (C=O) groups is 1. The Kier molecular flexibility index (Phi) is 4.19. The van der Waals surface area contributed by atoms with E-state index in [4.69, 9.17) is 4.74 Å². The smallest absolute Gasteiger partial charge is 0.255 e. The highest BCUT2D eigenvalue weighted by molar-refractivity contribution is 5.97. The lowest BCUT2D eigenvalue weighted by Gasteiger charge is -2.19. The molecular weight excluding hydrogens is 297 g/mol. The molecule has 5 heteroatoms. The lowest BCUT2D eigenvalue weighted by Crippen LogP contribution is -2.30. The Morgan fingerprint density at radius 3 is 2.57 bits per heavy atom. The van der Waals surface area contributed by atoms with Crippen LogP contribution in [0.1, 0.15) is 34.8 Å². The maximum atomic E-state index is 13.1. The van der Waals surface area contributed by atoms with Gasteiger partial charge in [-0.05, 0) is 48.6 Å². The zero-order valence-electron chi connectivity index (χ0n) is 12.8. The van der Waals surface area contributed by atoms with Gasteiger partial charge in [-0.2, -0.15) is 0 Å². The highest BCUT2D eigenvalue weighted by atomic mass is 19.1. The number of aromatic hydroxyl groups is 1. The van der Waals surface area contributed by atoms with Crippen molar-refractivity contribution in [3.8, 4) is 11.5 Å². The van der Waals surface area contributed by atoms with Crippen LogP contribution < -0.4 is 10.1 Å². The van der Waals surface area contributed by atoms with Crippen molar-refractivity contribution in [2.24, 2.45) is 5.92 Å². The van der Waals surface area contributed by atoms with Crippen LogP contribution in [0.25, 0.3) is 0 Å². The molecule has 1 atom stereocenters. The minimum Gasteiger partial charge on any atom is -0.504 e. The van der Waals surface area contributed by atoms with Crippen LogP contribution in [-0.4, -0.2) is 18.1 Å². The first-order valence-electron chi connectivity index (χ1n) is 7.52. The molecule has 1 fully saturated rings. The van der Waals surface area contributed by atoms with Crippen LogP contribution in [0.15, 0.2) is 42.5 Å². The Bertz CT molecular complexity index is 711. The molecule has 2 aromatic carbocycles. The second-order valence-corrected chi connectivity index (χ2v) is 5.70. The maximum Gasteiger partial charge on any atom is 0.255 e. The number of halogens is 1. The third kappa shape index (κ3) is 3.28. The summed E-state index contributed by atoms with van der Waals surface area (Å²) >= 11 is 0. The number of phenolic OH excluding ortho intramolecular Hbond substituents is 1. The Hall–Kier alpha value is -2.56. The molecule has 0 saturated heterocycles. The molecule has 0 radical (unpaired) electrons. The Morgan fingerprint density at radius 1 is 1.26 bits per heavy atom. The lowest BCUT2D eigenvalue weighted by molar-refractivity contribution is 0.0928. The average molecular weight is 315 g/mol. The van der Waals surface area contributed by atoms with E-state index in [9.17, 15) is 14.3 Å². The molecule has 1 unspecified atom stereocenters. The second kappa shape index (κ2) is 6.28. The maximum absolute atomic E-state index is 13.1. The molecule has 23 heavy (non-hydrogen) atoms. The van der Waals surface area contributed by atoms with Gasteiger partial charge in [0.2, 0.25) is 0 Å². The number of benzene rings is 2. The topological polar surface area (TPSA) is 58.6 Å². The highest BCUT2D eigenvalue weighted by Gasteiger charge is 2.34. The van der Waals surface area contributed by atoms with Crippen LogP contribution in [0.3, 0.4) is 0 Å². The molecule has 0 bridgehead atoms. The molecule has 2 N–H and O–H groups in total. The van der Waals surface area contributed by atoms with Crippen molar-refractivity contribution >= 4 is 5.91 Å². The van der Waals surface area contributed by atoms with Gasteiger partial charge in [0.1, 0.15) is 5.82 Å². The monoisotopic (exact) mass is 315 g/mol. The molecular formula is C18H18FNO3. The molecule has 1 aliphatic rings. The number of para-hydroxylation sites is 1. The normalized spacial score (nSPS) is 15.0. The third-order valence-corrected chi connectivity index (χ3v) is 4.07. The van der Waals surface area contributed by atoms with Crippen molar-refractivity contribution in [2.45, 2.75) is 18.9 Å². The van der Waals surface area contributed by atoms with Gasteiger partial charge in [0.15, 0.2) is 11.5 Å². The van der Waals surface area contributed by atoms with Crippen LogP contribution in [0.5, 0.6) is 11.5 Å². The van der Waals surface area contributed by atoms with E-state index >= 15 is 0 Å². The van der Waals surface area contributed by atoms with E-state index in [0.717, 1.165) is 18.4 Å². The van der Waals surface area contributed by atoms with Crippen LogP contribution in [0.4, 0.5) is 4.39 Å². The van der Waals surface area contributed by atoms with Crippen molar-refractivity contribution in [3.05, 3.63) is 59.4 Å². The number of rotatable bonds is 5. The number of ether oxygens (including phenoxy) is 1. The number of hydrogen-bond acceptors (Lipinski definition) is 3. The van der Waals surface area contributed by atoms with Gasteiger partial charge in [0, 0.05) is 0 Å². The van der Waals surface area contributed by atoms with Crippen LogP contribution in [0.2, 0.25) is 0 Å². The third-order valence-electron chi connectivity index (χ3n) is 4.07. The predicted molar refractivity (Wildman–Crippen MR) is 84.0 cm³/mol. The molecule has 3 rings (SSSR count). The van der Waals surface area contributed by atoms with E-state index in [-0.39, 0.29) is 34.8 Å². The van der Waals surface area contributed by atoms with Crippen LogP contribution in [-0.2, 0) is 0 Å². The standard InChI is InChI=1S/C18H18FNO3/c1-23-15-4-2-3-14(17(15)21)18(22)20-16(11-5-6-11)12-7-9-13(19)10-8-12/h2-4,7-11,16,21H,5-6H2,1H3,(H,20,22). The molecule has 0 spiro atoms. The zero-order chi connectivity index (χ0) is 16.4. The van der Waals surface area contributed by atoms with E-state index in [1.54, 1.807) is 30.3 Å². The minimum absolute atomic E-state index is 0.164. The summed E-state index contributed by atoms with van der Waals surface area (Å²) < 4.78 is 18.1. The molecule has 0 heterocycles. The molecule has 2 aromatic rings. The summed E-state index contributed by atoms with van der Waals surface area (Å²) in [6, 6.07) is 10.7. The average Bonchev–Trinajstić information content (AvgIpc) is 3.38. The summed E-state index contributed by atoms with van der Waals surface area (Å²) in [6.07, 6.45) is 2.04. The van der Waals surface area contributed by atoms with E-state index < -0.39 is 0 Å². The Morgan fingerprint density at radius 2 is 1.96 bits per heavy atom. The Labute approximate surface area is 133 Å². The lowest BCUT2D eigenvalue weighted by atomic mass is 10.0. The number of methoxy groups -OCH3 is 1. The van der Waals surface area contributed by atoms with Gasteiger partial charge in [-0.3, -0.25) is 4.79 Å². The summed E-state index contributed by atoms with van der Waals surface area (Å²) in [5.74, 6) is -0.261. The second-order valence-electron chi connectivity index (χ2n) is 5.70. The predicted octanol–water partition coefficient (Wildman–Crippen LogP) is 3.42. The fourth-order valence-corrected chi connectivity index (χ4v) is 2.66. The van der Waals surface area contributed by atoms with E-state index in [2.05, 4.69) is 5.32 Å². The van der Waals surface area contributed by atoms with Crippen molar-refractivity contribution in [1.29, 1.82) is 0 Å². The first-order chi connectivity index (χ1) is 11.1. The summed E-state index contributed by atoms with van der Waals surface area (Å²) in [5.41, 5.74) is 1.03. The SMILES string of the molecule is COc1cccc(C(=O)NC(c2ccc(F)cc2)C2CC2)c1O. The first-order valence-corrected chi connectivity index (χ1v) is 7.52. The molecule has 0 aromatic heterocycles.